The van der Waals surface area contributed by atoms with Gasteiger partial charge in [-0.3, -0.25) is 4.79 Å². The van der Waals surface area contributed by atoms with Gasteiger partial charge in [0.15, 0.2) is 5.69 Å². The number of aromatic nitrogens is 1. The van der Waals surface area contributed by atoms with Gasteiger partial charge in [-0.15, -0.1) is 10.2 Å². The van der Waals surface area contributed by atoms with Gasteiger partial charge in [-0.05, 0) is 31.5 Å². The summed E-state index contributed by atoms with van der Waals surface area (Å²) in [5.74, 6) is -0.354. The second-order valence-electron chi connectivity index (χ2n) is 6.51. The van der Waals surface area contributed by atoms with Gasteiger partial charge in [0, 0.05) is 17.6 Å². The van der Waals surface area contributed by atoms with Gasteiger partial charge in [-0.1, -0.05) is 49.2 Å². The fourth-order valence-electron chi connectivity index (χ4n) is 2.90. The van der Waals surface area contributed by atoms with Gasteiger partial charge in [-0.25, -0.2) is 0 Å². The molecule has 0 aliphatic heterocycles. The van der Waals surface area contributed by atoms with E-state index >= 15 is 0 Å². The Kier molecular flexibility index (Phi) is 5.86. The van der Waals surface area contributed by atoms with Crippen molar-refractivity contribution in [2.45, 2.75) is 33.2 Å². The zero-order valence-corrected chi connectivity index (χ0v) is 15.6. The number of anilines is 1. The minimum atomic E-state index is -0.402. The summed E-state index contributed by atoms with van der Waals surface area (Å²) in [6.45, 7) is 4.85. The maximum absolute atomic E-state index is 12.1. The van der Waals surface area contributed by atoms with Gasteiger partial charge in [0.2, 0.25) is 5.88 Å². The molecule has 0 aliphatic rings. The Morgan fingerprint density at radius 3 is 2.63 bits per heavy atom. The molecule has 6 heteroatoms. The third-order valence-corrected chi connectivity index (χ3v) is 4.41. The van der Waals surface area contributed by atoms with E-state index in [9.17, 15) is 9.90 Å². The minimum absolute atomic E-state index is 0.0435. The van der Waals surface area contributed by atoms with Gasteiger partial charge in [0.1, 0.15) is 0 Å². The maximum atomic E-state index is 12.1. The summed E-state index contributed by atoms with van der Waals surface area (Å²) >= 11 is 0. The van der Waals surface area contributed by atoms with E-state index in [0.29, 0.717) is 12.2 Å². The number of azo groups is 1. The molecule has 0 saturated heterocycles. The van der Waals surface area contributed by atoms with Crippen LogP contribution in [0.15, 0.2) is 58.8 Å². The van der Waals surface area contributed by atoms with Crippen LogP contribution in [-0.2, 0) is 11.3 Å². The quantitative estimate of drug-likeness (QED) is 0.567. The van der Waals surface area contributed by atoms with Gasteiger partial charge < -0.3 is 15.0 Å². The molecule has 2 aromatic carbocycles. The number of carbonyl (C=O) groups excluding carboxylic acids is 1. The first-order chi connectivity index (χ1) is 13.1. The Hall–Kier alpha value is -3.15. The van der Waals surface area contributed by atoms with E-state index < -0.39 is 5.91 Å². The second-order valence-corrected chi connectivity index (χ2v) is 6.51. The van der Waals surface area contributed by atoms with Crippen molar-refractivity contribution in [2.24, 2.45) is 10.2 Å². The number of para-hydroxylation sites is 1. The van der Waals surface area contributed by atoms with Crippen molar-refractivity contribution in [3.8, 4) is 5.88 Å². The summed E-state index contributed by atoms with van der Waals surface area (Å²) < 4.78 is 1.82. The smallest absolute Gasteiger partial charge is 0.283 e. The van der Waals surface area contributed by atoms with Crippen LogP contribution in [0.5, 0.6) is 5.88 Å². The van der Waals surface area contributed by atoms with Gasteiger partial charge in [-0.2, -0.15) is 0 Å². The first-order valence-corrected chi connectivity index (χ1v) is 9.15. The average molecular weight is 364 g/mol. The standard InChI is InChI=1S/C21H24N4O2/c1-3-4-13-25-18-8-6-5-7-17(18)20(21(25)27)24-23-19(26)14-22-16-11-9-15(2)10-12-16/h5-12,22,27H,3-4,13-14H2,1-2H3. The number of unbranched alkanes of at least 4 members (excludes halogenated alkanes) is 1. The highest BCUT2D eigenvalue weighted by atomic mass is 16.3. The number of nitrogens with one attached hydrogen (secondary N) is 1. The fraction of sp³-hybridized carbons (Fsp3) is 0.286. The fourth-order valence-corrected chi connectivity index (χ4v) is 2.90. The van der Waals surface area contributed by atoms with Crippen LogP contribution in [0.3, 0.4) is 0 Å². The largest absolute Gasteiger partial charge is 0.493 e. The number of fused-ring (bicyclic) bond motifs is 1. The molecule has 3 aromatic rings. The van der Waals surface area contributed by atoms with E-state index in [1.54, 1.807) is 0 Å². The summed E-state index contributed by atoms with van der Waals surface area (Å²) in [6, 6.07) is 15.4. The topological polar surface area (TPSA) is 79.0 Å². The van der Waals surface area contributed by atoms with Crippen LogP contribution in [-0.4, -0.2) is 22.1 Å². The van der Waals surface area contributed by atoms with Crippen molar-refractivity contribution < 1.29 is 9.90 Å². The molecule has 27 heavy (non-hydrogen) atoms. The first-order valence-electron chi connectivity index (χ1n) is 9.15. The summed E-state index contributed by atoms with van der Waals surface area (Å²) in [4.78, 5) is 12.1. The highest BCUT2D eigenvalue weighted by Crippen LogP contribution is 2.38. The van der Waals surface area contributed by atoms with Crippen LogP contribution in [0.25, 0.3) is 10.9 Å². The van der Waals surface area contributed by atoms with Crippen LogP contribution in [0.2, 0.25) is 0 Å². The number of aryl methyl sites for hydroxylation is 2. The molecule has 0 unspecified atom stereocenters. The SMILES string of the molecule is CCCCn1c(O)c(N=NC(=O)CNc2ccc(C)cc2)c2ccccc21. The molecule has 3 rings (SSSR count). The summed E-state index contributed by atoms with van der Waals surface area (Å²) in [7, 11) is 0. The number of rotatable bonds is 7. The van der Waals surface area contributed by atoms with Crippen LogP contribution >= 0.6 is 0 Å². The van der Waals surface area contributed by atoms with E-state index in [0.717, 1.165) is 35.0 Å². The number of nitrogens with zero attached hydrogens (tertiary/aromatic N) is 3. The molecule has 0 atom stereocenters. The van der Waals surface area contributed by atoms with Crippen molar-refractivity contribution in [1.29, 1.82) is 0 Å². The normalized spacial score (nSPS) is 11.3. The molecule has 0 aliphatic carbocycles. The number of hydrogen-bond donors (Lipinski definition) is 2. The molecule has 0 spiro atoms. The lowest BCUT2D eigenvalue weighted by molar-refractivity contribution is -0.116. The Morgan fingerprint density at radius 2 is 1.89 bits per heavy atom. The zero-order chi connectivity index (χ0) is 19.2. The highest BCUT2D eigenvalue weighted by molar-refractivity contribution is 5.95. The number of benzene rings is 2. The zero-order valence-electron chi connectivity index (χ0n) is 15.6. The van der Waals surface area contributed by atoms with Crippen molar-refractivity contribution >= 4 is 28.2 Å². The predicted octanol–water partition coefficient (Wildman–Crippen LogP) is 5.18. The molecule has 1 aromatic heterocycles. The van der Waals surface area contributed by atoms with Gasteiger partial charge in [0.25, 0.3) is 5.91 Å². The van der Waals surface area contributed by atoms with Gasteiger partial charge in [0.05, 0.1) is 12.1 Å². The van der Waals surface area contributed by atoms with Crippen LogP contribution in [0.4, 0.5) is 11.4 Å². The molecule has 0 fully saturated rings. The molecule has 1 heterocycles. The minimum Gasteiger partial charge on any atom is -0.493 e. The third kappa shape index (κ3) is 4.34. The molecular weight excluding hydrogens is 340 g/mol. The molecular formula is C21H24N4O2. The highest BCUT2D eigenvalue weighted by Gasteiger charge is 2.16. The van der Waals surface area contributed by atoms with E-state index in [2.05, 4.69) is 22.5 Å². The third-order valence-electron chi connectivity index (χ3n) is 4.41. The molecule has 0 radical (unpaired) electrons. The molecule has 6 nitrogen and oxygen atoms in total. The maximum Gasteiger partial charge on any atom is 0.283 e. The number of hydrogen-bond acceptors (Lipinski definition) is 4. The molecule has 2 N–H and O–H groups in total. The van der Waals surface area contributed by atoms with E-state index in [1.807, 2.05) is 60.0 Å². The lowest BCUT2D eigenvalue weighted by atomic mass is 10.2. The summed E-state index contributed by atoms with van der Waals surface area (Å²) in [5, 5.41) is 22.2. The molecule has 0 saturated carbocycles. The van der Waals surface area contributed by atoms with E-state index in [-0.39, 0.29) is 12.4 Å². The van der Waals surface area contributed by atoms with Crippen molar-refractivity contribution in [3.63, 3.8) is 0 Å². The van der Waals surface area contributed by atoms with Crippen molar-refractivity contribution in [1.82, 2.24) is 4.57 Å². The van der Waals surface area contributed by atoms with Crippen LogP contribution in [0.1, 0.15) is 25.3 Å². The monoisotopic (exact) mass is 364 g/mol. The van der Waals surface area contributed by atoms with Crippen LogP contribution < -0.4 is 5.32 Å². The van der Waals surface area contributed by atoms with Gasteiger partial charge >= 0.3 is 0 Å². The number of amides is 1. The number of carbonyl (C=O) groups is 1. The Balaban J connectivity index is 1.76. The average Bonchev–Trinajstić information content (AvgIpc) is 2.95. The molecule has 140 valence electrons. The Labute approximate surface area is 158 Å². The van der Waals surface area contributed by atoms with Crippen molar-refractivity contribution in [2.75, 3.05) is 11.9 Å². The summed E-state index contributed by atoms with van der Waals surface area (Å²) in [5.41, 5.74) is 3.23. The lowest BCUT2D eigenvalue weighted by Crippen LogP contribution is -2.10. The van der Waals surface area contributed by atoms with E-state index in [1.165, 1.54) is 0 Å². The summed E-state index contributed by atoms with van der Waals surface area (Å²) in [6.07, 6.45) is 1.97. The first kappa shape index (κ1) is 18.6. The number of aromatic hydroxyl groups is 1. The van der Waals surface area contributed by atoms with Crippen molar-refractivity contribution in [3.05, 3.63) is 54.1 Å². The van der Waals surface area contributed by atoms with Crippen LogP contribution in [0, 0.1) is 6.92 Å². The Morgan fingerprint density at radius 1 is 1.15 bits per heavy atom. The molecule has 0 bridgehead atoms. The Bertz CT molecular complexity index is 958. The van der Waals surface area contributed by atoms with E-state index in [4.69, 9.17) is 0 Å². The predicted molar refractivity (Wildman–Crippen MR) is 108 cm³/mol. The lowest BCUT2D eigenvalue weighted by Gasteiger charge is -2.05. The molecule has 1 amide bonds. The second kappa shape index (κ2) is 8.49.